The molecule has 172 valence electrons. The van der Waals surface area contributed by atoms with Crippen molar-refractivity contribution in [3.63, 3.8) is 0 Å². The zero-order chi connectivity index (χ0) is 24.1. The molecule has 6 nitrogen and oxygen atoms in total. The lowest BCUT2D eigenvalue weighted by atomic mass is 9.94. The number of amides is 1. The summed E-state index contributed by atoms with van der Waals surface area (Å²) < 4.78 is 1.98. The average molecular weight is 472 g/mol. The number of thiazole rings is 1. The monoisotopic (exact) mass is 471 g/mol. The maximum atomic E-state index is 13.8. The van der Waals surface area contributed by atoms with Crippen molar-refractivity contribution in [3.8, 4) is 0 Å². The fraction of sp³-hybridized carbons (Fsp3) is 0.222. The van der Waals surface area contributed by atoms with Gasteiger partial charge < -0.3 is 9.67 Å². The van der Waals surface area contributed by atoms with Crippen LogP contribution in [0.1, 0.15) is 44.5 Å². The number of nitrogens with zero attached hydrogens (tertiary/aromatic N) is 3. The van der Waals surface area contributed by atoms with Crippen molar-refractivity contribution in [2.24, 2.45) is 7.05 Å². The Balaban J connectivity index is 1.74. The molecule has 0 bridgehead atoms. The fourth-order valence-corrected chi connectivity index (χ4v) is 5.62. The molecule has 1 N–H and O–H groups in total. The quantitative estimate of drug-likeness (QED) is 0.385. The number of hydrogen-bond donors (Lipinski definition) is 1. The van der Waals surface area contributed by atoms with Gasteiger partial charge in [-0.25, -0.2) is 4.98 Å². The zero-order valence-electron chi connectivity index (χ0n) is 19.5. The van der Waals surface area contributed by atoms with Gasteiger partial charge in [-0.05, 0) is 44.0 Å². The molecule has 5 rings (SSSR count). The second-order valence-electron chi connectivity index (χ2n) is 8.55. The number of aliphatic hydroxyl groups excluding tert-OH is 1. The highest BCUT2D eigenvalue weighted by molar-refractivity contribution is 7.14. The van der Waals surface area contributed by atoms with Crippen LogP contribution in [0.2, 0.25) is 0 Å². The van der Waals surface area contributed by atoms with E-state index in [1.165, 1.54) is 16.2 Å². The van der Waals surface area contributed by atoms with Crippen LogP contribution in [0.15, 0.2) is 66.1 Å². The van der Waals surface area contributed by atoms with Gasteiger partial charge in [-0.2, -0.15) is 0 Å². The summed E-state index contributed by atoms with van der Waals surface area (Å²) in [4.78, 5) is 33.6. The van der Waals surface area contributed by atoms with Crippen molar-refractivity contribution in [2.75, 3.05) is 4.90 Å². The van der Waals surface area contributed by atoms with Gasteiger partial charge in [0.1, 0.15) is 0 Å². The van der Waals surface area contributed by atoms with Crippen LogP contribution in [0, 0.1) is 13.8 Å². The summed E-state index contributed by atoms with van der Waals surface area (Å²) in [5.41, 5.74) is 4.23. The van der Waals surface area contributed by atoms with Gasteiger partial charge in [0.2, 0.25) is 5.78 Å². The molecule has 34 heavy (non-hydrogen) atoms. The first-order valence-corrected chi connectivity index (χ1v) is 12.0. The van der Waals surface area contributed by atoms with Crippen LogP contribution in [0.25, 0.3) is 10.9 Å². The average Bonchev–Trinajstić information content (AvgIpc) is 3.44. The Morgan fingerprint density at radius 3 is 2.47 bits per heavy atom. The molecule has 0 saturated carbocycles. The van der Waals surface area contributed by atoms with E-state index < -0.39 is 17.7 Å². The van der Waals surface area contributed by atoms with Gasteiger partial charge in [0.25, 0.3) is 5.91 Å². The van der Waals surface area contributed by atoms with Crippen LogP contribution in [0.3, 0.4) is 0 Å². The van der Waals surface area contributed by atoms with Crippen LogP contribution in [0.4, 0.5) is 5.69 Å². The Labute approximate surface area is 201 Å². The summed E-state index contributed by atoms with van der Waals surface area (Å²) in [5, 5.41) is 12.8. The number of benzene rings is 2. The van der Waals surface area contributed by atoms with Crippen molar-refractivity contribution in [3.05, 3.63) is 92.8 Å². The minimum atomic E-state index is -0.764. The molecule has 0 fully saturated rings. The van der Waals surface area contributed by atoms with Crippen molar-refractivity contribution < 1.29 is 14.7 Å². The molecule has 1 amide bonds. The third-order valence-corrected chi connectivity index (χ3v) is 7.48. The van der Waals surface area contributed by atoms with E-state index in [2.05, 4.69) is 11.9 Å². The molecule has 1 aliphatic rings. The first-order valence-electron chi connectivity index (χ1n) is 11.2. The summed E-state index contributed by atoms with van der Waals surface area (Å²) >= 11 is 1.28. The van der Waals surface area contributed by atoms with Gasteiger partial charge in [0, 0.05) is 35.4 Å². The van der Waals surface area contributed by atoms with Crippen LogP contribution in [-0.4, -0.2) is 26.3 Å². The summed E-state index contributed by atoms with van der Waals surface area (Å²) in [6.07, 6.45) is 2.81. The molecule has 0 saturated heterocycles. The van der Waals surface area contributed by atoms with Crippen molar-refractivity contribution in [1.82, 2.24) is 9.55 Å². The maximum absolute atomic E-state index is 13.8. The molecule has 1 unspecified atom stereocenters. The molecule has 1 aliphatic heterocycles. The number of fused-ring (bicyclic) bond motifs is 1. The highest BCUT2D eigenvalue weighted by Gasteiger charge is 2.46. The normalized spacial score (nSPS) is 16.2. The molecule has 0 spiro atoms. The number of Topliss-reactive ketones (excluding diaryl/α,β-unsaturated/α-hetero) is 1. The Morgan fingerprint density at radius 1 is 1.12 bits per heavy atom. The van der Waals surface area contributed by atoms with E-state index in [9.17, 15) is 14.7 Å². The summed E-state index contributed by atoms with van der Waals surface area (Å²) in [6, 6.07) is 14.8. The molecular formula is C27H25N3O3S. The van der Waals surface area contributed by atoms with Crippen LogP contribution in [0.5, 0.6) is 0 Å². The van der Waals surface area contributed by atoms with E-state index in [4.69, 9.17) is 0 Å². The van der Waals surface area contributed by atoms with E-state index in [0.29, 0.717) is 16.3 Å². The van der Waals surface area contributed by atoms with E-state index in [0.717, 1.165) is 33.5 Å². The third-order valence-electron chi connectivity index (χ3n) is 6.41. The van der Waals surface area contributed by atoms with E-state index >= 15 is 0 Å². The Kier molecular flexibility index (Phi) is 5.37. The van der Waals surface area contributed by atoms with E-state index in [1.54, 1.807) is 6.92 Å². The Bertz CT molecular complexity index is 1480. The molecule has 0 aliphatic carbocycles. The van der Waals surface area contributed by atoms with Crippen molar-refractivity contribution in [1.29, 1.82) is 0 Å². The molecule has 1 atom stereocenters. The highest BCUT2D eigenvalue weighted by atomic mass is 32.1. The van der Waals surface area contributed by atoms with Gasteiger partial charge in [-0.1, -0.05) is 37.3 Å². The van der Waals surface area contributed by atoms with Gasteiger partial charge in [-0.15, -0.1) is 11.3 Å². The van der Waals surface area contributed by atoms with Crippen molar-refractivity contribution >= 4 is 39.6 Å². The molecule has 3 heterocycles. The second kappa shape index (κ2) is 8.25. The maximum Gasteiger partial charge on any atom is 0.294 e. The molecule has 7 heteroatoms. The lowest BCUT2D eigenvalue weighted by molar-refractivity contribution is -0.117. The van der Waals surface area contributed by atoms with Gasteiger partial charge in [0.05, 0.1) is 27.2 Å². The predicted octanol–water partition coefficient (Wildman–Crippen LogP) is 5.60. The van der Waals surface area contributed by atoms with Crippen LogP contribution in [-0.2, 0) is 18.3 Å². The number of aromatic nitrogens is 2. The molecule has 2 aromatic carbocycles. The zero-order valence-corrected chi connectivity index (χ0v) is 20.3. The van der Waals surface area contributed by atoms with Crippen molar-refractivity contribution in [2.45, 2.75) is 33.2 Å². The standard InChI is InChI=1S/C27H25N3O3S/c1-5-17-10-12-18(13-11-17)30-23(20-14-29(4)21-9-7-6-8-19(20)21)22(25(32)27(30)33)24(31)26-15(2)28-16(3)34-26/h6-14,23,32H,5H2,1-4H3. The van der Waals surface area contributed by atoms with Gasteiger partial charge >= 0.3 is 0 Å². The van der Waals surface area contributed by atoms with E-state index in [-0.39, 0.29) is 11.4 Å². The third kappa shape index (κ3) is 3.35. The first kappa shape index (κ1) is 22.1. The molecule has 0 radical (unpaired) electrons. The van der Waals surface area contributed by atoms with Gasteiger partial charge in [-0.3, -0.25) is 14.5 Å². The lowest BCUT2D eigenvalue weighted by Gasteiger charge is -2.26. The number of carbonyl (C=O) groups is 2. The minimum absolute atomic E-state index is 0.0904. The summed E-state index contributed by atoms with van der Waals surface area (Å²) in [7, 11) is 1.94. The Hall–Kier alpha value is -3.71. The van der Waals surface area contributed by atoms with Crippen LogP contribution >= 0.6 is 11.3 Å². The number of hydrogen-bond acceptors (Lipinski definition) is 5. The SMILES string of the molecule is CCc1ccc(N2C(=O)C(O)=C(C(=O)c3sc(C)nc3C)C2c2cn(C)c3ccccc23)cc1. The number of anilines is 1. The van der Waals surface area contributed by atoms with E-state index in [1.807, 2.05) is 73.3 Å². The topological polar surface area (TPSA) is 75.4 Å². The minimum Gasteiger partial charge on any atom is -0.503 e. The first-order chi connectivity index (χ1) is 16.3. The number of ketones is 1. The molecule has 4 aromatic rings. The summed E-state index contributed by atoms with van der Waals surface area (Å²) in [5.74, 6) is -1.45. The van der Waals surface area contributed by atoms with Crippen LogP contribution < -0.4 is 4.90 Å². The molecular weight excluding hydrogens is 446 g/mol. The number of rotatable bonds is 5. The smallest absolute Gasteiger partial charge is 0.294 e. The predicted molar refractivity (Wildman–Crippen MR) is 135 cm³/mol. The number of para-hydroxylation sites is 1. The summed E-state index contributed by atoms with van der Waals surface area (Å²) in [6.45, 7) is 5.68. The number of aryl methyl sites for hydroxylation is 4. The highest BCUT2D eigenvalue weighted by Crippen LogP contribution is 2.45. The van der Waals surface area contributed by atoms with Gasteiger partial charge in [0.15, 0.2) is 5.76 Å². The number of carbonyl (C=O) groups excluding carboxylic acids is 2. The fourth-order valence-electron chi connectivity index (χ4n) is 4.75. The largest absolute Gasteiger partial charge is 0.503 e. The number of aliphatic hydroxyl groups is 1. The Morgan fingerprint density at radius 2 is 1.82 bits per heavy atom. The second-order valence-corrected chi connectivity index (χ2v) is 9.75. The lowest BCUT2D eigenvalue weighted by Crippen LogP contribution is -2.31. The molecule has 2 aromatic heterocycles.